The molecule has 0 aromatic heterocycles. The molecule has 5 saturated carbocycles. The summed E-state index contributed by atoms with van der Waals surface area (Å²) in [6.07, 6.45) is 2.34. The molecule has 8 fully saturated rings. The second-order valence-corrected chi connectivity index (χ2v) is 18.9. The molecule has 2 spiro atoms. The molecule has 3 aliphatic heterocycles. The topological polar surface area (TPSA) is 144 Å². The molecule has 47 heavy (non-hydrogen) atoms. The highest BCUT2D eigenvalue weighted by Crippen LogP contribution is 2.89. The van der Waals surface area contributed by atoms with Gasteiger partial charge in [0.2, 0.25) is 5.79 Å². The Bertz CT molecular complexity index is 1320. The summed E-state index contributed by atoms with van der Waals surface area (Å²) in [5.74, 6) is -0.857. The average Bonchev–Trinajstić information content (AvgIpc) is 3.53. The zero-order chi connectivity index (χ0) is 33.9. The molecule has 4 N–H and O–H groups in total. The van der Waals surface area contributed by atoms with Crippen molar-refractivity contribution in [2.75, 3.05) is 6.61 Å². The lowest BCUT2D eigenvalue weighted by Crippen LogP contribution is -2.63. The van der Waals surface area contributed by atoms with Crippen molar-refractivity contribution in [1.82, 2.24) is 0 Å². The van der Waals surface area contributed by atoms with E-state index in [0.29, 0.717) is 11.8 Å². The number of esters is 1. The third kappa shape index (κ3) is 3.99. The molecule has 8 rings (SSSR count). The largest absolute Gasteiger partial charge is 0.457 e. The van der Waals surface area contributed by atoms with E-state index in [9.17, 15) is 25.2 Å². The van der Waals surface area contributed by atoms with E-state index < -0.39 is 54.2 Å². The number of rotatable bonds is 3. The zero-order valence-corrected chi connectivity index (χ0v) is 29.5. The number of hydrogen-bond acceptors (Lipinski definition) is 10. The number of carbonyl (C=O) groups excluding carboxylic acids is 1. The van der Waals surface area contributed by atoms with Crippen LogP contribution in [0.4, 0.5) is 0 Å². The van der Waals surface area contributed by atoms with Gasteiger partial charge in [-0.1, -0.05) is 34.6 Å². The van der Waals surface area contributed by atoms with Crippen LogP contribution in [0.15, 0.2) is 0 Å². The van der Waals surface area contributed by atoms with Gasteiger partial charge in [0.1, 0.15) is 24.4 Å². The molecule has 266 valence electrons. The SMILES string of the molecule is CC(=O)O[C@@H]1CO[C@@H](O[C@H]2CC[C@]34C[C@]35CC[C@]3(C)[C@H]6[C@H](C)[C@H]7OC(C)(C)[C@@H](O)[C@@]7(O)O[C@H]6C[C@@]3(C)[C@@H]5CC[C@H]4C2(C)C)[C@H](O)[C@H]1O. The summed E-state index contributed by atoms with van der Waals surface area (Å²) in [6, 6.07) is 0. The van der Waals surface area contributed by atoms with Crippen LogP contribution in [0.5, 0.6) is 0 Å². The smallest absolute Gasteiger partial charge is 0.303 e. The van der Waals surface area contributed by atoms with Crippen molar-refractivity contribution in [2.24, 2.45) is 50.7 Å². The summed E-state index contributed by atoms with van der Waals surface area (Å²) in [5, 5.41) is 44.5. The third-order valence-electron chi connectivity index (χ3n) is 16.4. The van der Waals surface area contributed by atoms with Crippen LogP contribution >= 0.6 is 0 Å². The van der Waals surface area contributed by atoms with Crippen molar-refractivity contribution >= 4 is 5.97 Å². The molecular weight excluding hydrogens is 604 g/mol. The van der Waals surface area contributed by atoms with E-state index in [1.165, 1.54) is 19.8 Å². The fraction of sp³-hybridized carbons (Fsp3) is 0.973. The van der Waals surface area contributed by atoms with E-state index in [0.717, 1.165) is 38.5 Å². The molecule has 0 amide bonds. The summed E-state index contributed by atoms with van der Waals surface area (Å²) < 4.78 is 30.5. The Kier molecular flexibility index (Phi) is 7.03. The van der Waals surface area contributed by atoms with E-state index >= 15 is 0 Å². The van der Waals surface area contributed by atoms with Gasteiger partial charge in [0.05, 0.1) is 24.4 Å². The van der Waals surface area contributed by atoms with Crippen LogP contribution in [0, 0.1) is 50.7 Å². The predicted molar refractivity (Wildman–Crippen MR) is 168 cm³/mol. The molecule has 0 radical (unpaired) electrons. The lowest BCUT2D eigenvalue weighted by Gasteiger charge is -2.63. The molecule has 10 heteroatoms. The van der Waals surface area contributed by atoms with Crippen molar-refractivity contribution in [3.63, 3.8) is 0 Å². The number of ether oxygens (including phenoxy) is 5. The van der Waals surface area contributed by atoms with Gasteiger partial charge in [-0.25, -0.2) is 0 Å². The van der Waals surface area contributed by atoms with Crippen LogP contribution in [0.2, 0.25) is 0 Å². The number of hydrogen-bond donors (Lipinski definition) is 4. The van der Waals surface area contributed by atoms with Crippen molar-refractivity contribution in [3.05, 3.63) is 0 Å². The Morgan fingerprint density at radius 1 is 0.851 bits per heavy atom. The highest BCUT2D eigenvalue weighted by Gasteiger charge is 2.84. The molecule has 10 nitrogen and oxygen atoms in total. The summed E-state index contributed by atoms with van der Waals surface area (Å²) in [7, 11) is 0. The first-order chi connectivity index (χ1) is 21.8. The standard InChI is InChI=1S/C37H58O10/c1-18-25-20(46-37(42)28(18)47-32(5,6)30(37)41)15-34(8)23-10-9-22-31(3,4)24(11-12-35(22)17-36(23,35)14-13-33(25,34)7)45-29-27(40)26(39)21(16-43-29)44-19(2)38/h18,20-30,39-42H,9-17H2,1-8H3/t18-,20-,21+,22-,23-,24-,25-,26-,27+,28+,29-,30+,33+,34-,35+,36-,37-/m0/s1. The predicted octanol–water partition coefficient (Wildman–Crippen LogP) is 3.69. The first kappa shape index (κ1) is 33.3. The fourth-order valence-corrected chi connectivity index (χ4v) is 14.2. The molecule has 3 heterocycles. The number of aliphatic hydroxyl groups is 4. The van der Waals surface area contributed by atoms with Crippen molar-refractivity contribution in [3.8, 4) is 0 Å². The van der Waals surface area contributed by atoms with Crippen molar-refractivity contribution < 1.29 is 48.9 Å². The maximum atomic E-state index is 11.8. The normalized spacial score (nSPS) is 59.8. The molecule has 0 bridgehead atoms. The highest BCUT2D eigenvalue weighted by atomic mass is 16.7. The summed E-state index contributed by atoms with van der Waals surface area (Å²) in [5.41, 5.74) is -0.395. The van der Waals surface area contributed by atoms with Crippen LogP contribution in [0.25, 0.3) is 0 Å². The van der Waals surface area contributed by atoms with Gasteiger partial charge in [0.15, 0.2) is 12.4 Å². The van der Waals surface area contributed by atoms with Gasteiger partial charge in [0, 0.05) is 6.92 Å². The molecule has 17 atom stereocenters. The molecule has 5 aliphatic carbocycles. The van der Waals surface area contributed by atoms with Crippen LogP contribution in [-0.4, -0.2) is 93.4 Å². The Morgan fingerprint density at radius 3 is 2.23 bits per heavy atom. The van der Waals surface area contributed by atoms with Crippen LogP contribution in [-0.2, 0) is 28.5 Å². The number of carbonyl (C=O) groups is 1. The average molecular weight is 663 g/mol. The molecule has 0 unspecified atom stereocenters. The minimum Gasteiger partial charge on any atom is -0.457 e. The summed E-state index contributed by atoms with van der Waals surface area (Å²) in [6.45, 7) is 16.8. The van der Waals surface area contributed by atoms with Gasteiger partial charge in [-0.05, 0) is 116 Å². The summed E-state index contributed by atoms with van der Waals surface area (Å²) in [4.78, 5) is 11.4. The zero-order valence-electron chi connectivity index (χ0n) is 29.5. The first-order valence-electron chi connectivity index (χ1n) is 18.4. The quantitative estimate of drug-likeness (QED) is 0.261. The Balaban J connectivity index is 1.02. The van der Waals surface area contributed by atoms with Crippen LogP contribution in [0.3, 0.4) is 0 Å². The second kappa shape index (κ2) is 9.93. The van der Waals surface area contributed by atoms with E-state index in [2.05, 4.69) is 34.6 Å². The lowest BCUT2D eigenvalue weighted by molar-refractivity contribution is -0.327. The van der Waals surface area contributed by atoms with Gasteiger partial charge in [-0.15, -0.1) is 0 Å². The van der Waals surface area contributed by atoms with E-state index in [-0.39, 0.29) is 57.7 Å². The first-order valence-corrected chi connectivity index (χ1v) is 18.4. The minimum atomic E-state index is -1.68. The van der Waals surface area contributed by atoms with Gasteiger partial charge in [-0.3, -0.25) is 4.79 Å². The Hall–Kier alpha value is -0.850. The van der Waals surface area contributed by atoms with E-state index in [4.69, 9.17) is 23.7 Å². The van der Waals surface area contributed by atoms with Crippen LogP contribution < -0.4 is 0 Å². The van der Waals surface area contributed by atoms with Crippen LogP contribution in [0.1, 0.15) is 107 Å². The summed E-state index contributed by atoms with van der Waals surface area (Å²) >= 11 is 0. The Morgan fingerprint density at radius 2 is 1.53 bits per heavy atom. The molecule has 3 saturated heterocycles. The number of aliphatic hydroxyl groups excluding tert-OH is 3. The lowest BCUT2D eigenvalue weighted by atomic mass is 9.41. The van der Waals surface area contributed by atoms with Gasteiger partial charge in [0.25, 0.3) is 0 Å². The molecular formula is C37H58O10. The van der Waals surface area contributed by atoms with Gasteiger partial charge >= 0.3 is 5.97 Å². The highest BCUT2D eigenvalue weighted by molar-refractivity contribution is 5.66. The van der Waals surface area contributed by atoms with E-state index in [1.807, 2.05) is 13.8 Å². The number of fused-ring (bicyclic) bond motifs is 5. The second-order valence-electron chi connectivity index (χ2n) is 18.9. The monoisotopic (exact) mass is 662 g/mol. The van der Waals surface area contributed by atoms with Crippen molar-refractivity contribution in [1.29, 1.82) is 0 Å². The van der Waals surface area contributed by atoms with E-state index in [1.54, 1.807) is 0 Å². The van der Waals surface area contributed by atoms with Gasteiger partial charge < -0.3 is 44.1 Å². The van der Waals surface area contributed by atoms with Gasteiger partial charge in [-0.2, -0.15) is 0 Å². The fourth-order valence-electron chi connectivity index (χ4n) is 14.2. The van der Waals surface area contributed by atoms with Crippen molar-refractivity contribution in [2.45, 2.75) is 167 Å². The molecule has 0 aromatic carbocycles. The Labute approximate surface area is 279 Å². The molecule has 0 aromatic rings. The maximum Gasteiger partial charge on any atom is 0.303 e. The maximum absolute atomic E-state index is 11.8. The molecule has 8 aliphatic rings. The third-order valence-corrected chi connectivity index (χ3v) is 16.4. The minimum absolute atomic E-state index is 0.0174.